The van der Waals surface area contributed by atoms with Gasteiger partial charge in [-0.15, -0.1) is 0 Å². The van der Waals surface area contributed by atoms with Crippen molar-refractivity contribution in [2.45, 2.75) is 89.3 Å². The Labute approximate surface area is 183 Å². The van der Waals surface area contributed by atoms with Gasteiger partial charge in [-0.1, -0.05) is 25.0 Å². The van der Waals surface area contributed by atoms with Crippen LogP contribution in [0.15, 0.2) is 18.2 Å². The van der Waals surface area contributed by atoms with Crippen molar-refractivity contribution in [3.05, 3.63) is 29.3 Å². The van der Waals surface area contributed by atoms with Gasteiger partial charge in [-0.05, 0) is 63.1 Å². The van der Waals surface area contributed by atoms with Crippen LogP contribution in [-0.2, 0) is 20.8 Å². The summed E-state index contributed by atoms with van der Waals surface area (Å²) < 4.78 is 0. The van der Waals surface area contributed by atoms with E-state index in [1.54, 1.807) is 12.1 Å². The molecule has 1 saturated carbocycles. The lowest BCUT2D eigenvalue weighted by molar-refractivity contribution is -0.142. The summed E-state index contributed by atoms with van der Waals surface area (Å²) in [5, 5.41) is 34.5. The molecule has 2 rings (SSSR count). The van der Waals surface area contributed by atoms with Crippen LogP contribution in [0.5, 0.6) is 5.75 Å². The molecule has 31 heavy (non-hydrogen) atoms. The minimum atomic E-state index is -1.17. The lowest BCUT2D eigenvalue weighted by Crippen LogP contribution is -2.55. The quantitative estimate of drug-likeness (QED) is 0.382. The highest BCUT2D eigenvalue weighted by atomic mass is 16.4. The molecule has 5 N–H and O–H groups in total. The van der Waals surface area contributed by atoms with E-state index in [0.717, 1.165) is 36.8 Å². The van der Waals surface area contributed by atoms with Crippen molar-refractivity contribution in [3.8, 4) is 5.75 Å². The molecule has 1 aliphatic carbocycles. The zero-order valence-electron chi connectivity index (χ0n) is 18.5. The number of aromatic hydroxyl groups is 1. The Morgan fingerprint density at radius 1 is 1.10 bits per heavy atom. The van der Waals surface area contributed by atoms with Crippen molar-refractivity contribution < 1.29 is 29.7 Å². The lowest BCUT2D eigenvalue weighted by atomic mass is 9.93. The summed E-state index contributed by atoms with van der Waals surface area (Å²) in [5.74, 6) is -2.24. The zero-order chi connectivity index (χ0) is 23.2. The van der Waals surface area contributed by atoms with E-state index in [1.807, 2.05) is 26.8 Å². The van der Waals surface area contributed by atoms with E-state index in [-0.39, 0.29) is 30.9 Å². The smallest absolute Gasteiger partial charge is 0.326 e. The van der Waals surface area contributed by atoms with Gasteiger partial charge in [0.25, 0.3) is 0 Å². The first-order chi connectivity index (χ1) is 14.5. The van der Waals surface area contributed by atoms with Gasteiger partial charge in [0.1, 0.15) is 11.8 Å². The molecule has 0 unspecified atom stereocenters. The Hall–Kier alpha value is -2.61. The molecule has 0 bridgehead atoms. The van der Waals surface area contributed by atoms with Gasteiger partial charge in [0.2, 0.25) is 5.91 Å². The summed E-state index contributed by atoms with van der Waals surface area (Å²) in [7, 11) is 0. The first-order valence-corrected chi connectivity index (χ1v) is 10.8. The van der Waals surface area contributed by atoms with Gasteiger partial charge in [0.05, 0.1) is 6.04 Å². The van der Waals surface area contributed by atoms with Gasteiger partial charge in [-0.25, -0.2) is 4.79 Å². The molecule has 0 spiro atoms. The fourth-order valence-corrected chi connectivity index (χ4v) is 4.06. The number of phenolic OH excluding ortho intramolecular Hbond substituents is 1. The number of hydrogen-bond donors (Lipinski definition) is 5. The molecule has 1 aromatic rings. The summed E-state index contributed by atoms with van der Waals surface area (Å²) >= 11 is 0. The van der Waals surface area contributed by atoms with Crippen LogP contribution in [0.25, 0.3) is 0 Å². The third kappa shape index (κ3) is 7.86. The molecular formula is C23H34N2O6. The summed E-state index contributed by atoms with van der Waals surface area (Å²) in [6, 6.07) is 3.10. The number of amides is 1. The number of rotatable bonds is 10. The molecule has 2 atom stereocenters. The van der Waals surface area contributed by atoms with Crippen LogP contribution >= 0.6 is 0 Å². The molecule has 8 heteroatoms. The number of benzene rings is 1. The molecule has 1 aliphatic rings. The number of carboxylic acid groups (broad SMARTS) is 2. The Kier molecular flexibility index (Phi) is 8.44. The summed E-state index contributed by atoms with van der Waals surface area (Å²) in [6.45, 7) is 5.55. The maximum atomic E-state index is 12.8. The molecule has 1 aromatic carbocycles. The Morgan fingerprint density at radius 2 is 1.74 bits per heavy atom. The first-order valence-electron chi connectivity index (χ1n) is 10.8. The lowest BCUT2D eigenvalue weighted by Gasteiger charge is -2.28. The Balaban J connectivity index is 2.13. The topological polar surface area (TPSA) is 136 Å². The van der Waals surface area contributed by atoms with Crippen molar-refractivity contribution >= 4 is 17.8 Å². The van der Waals surface area contributed by atoms with Crippen molar-refractivity contribution in [2.75, 3.05) is 0 Å². The van der Waals surface area contributed by atoms with E-state index in [4.69, 9.17) is 5.11 Å². The maximum absolute atomic E-state index is 12.8. The van der Waals surface area contributed by atoms with Gasteiger partial charge in [0.15, 0.2) is 0 Å². The number of nitrogens with one attached hydrogen (secondary N) is 2. The molecular weight excluding hydrogens is 400 g/mol. The predicted octanol–water partition coefficient (Wildman–Crippen LogP) is 2.78. The van der Waals surface area contributed by atoms with Gasteiger partial charge in [-0.3, -0.25) is 9.59 Å². The zero-order valence-corrected chi connectivity index (χ0v) is 18.5. The van der Waals surface area contributed by atoms with Crippen molar-refractivity contribution in [1.29, 1.82) is 0 Å². The molecule has 8 nitrogen and oxygen atoms in total. The van der Waals surface area contributed by atoms with Crippen LogP contribution in [0.2, 0.25) is 0 Å². The van der Waals surface area contributed by atoms with Crippen LogP contribution in [0, 0.1) is 0 Å². The molecule has 1 amide bonds. The average Bonchev–Trinajstić information content (AvgIpc) is 3.19. The van der Waals surface area contributed by atoms with Crippen LogP contribution in [0.1, 0.15) is 76.3 Å². The number of phenols is 1. The van der Waals surface area contributed by atoms with E-state index in [9.17, 15) is 24.6 Å². The molecule has 0 saturated heterocycles. The third-order valence-corrected chi connectivity index (χ3v) is 5.51. The third-order valence-electron chi connectivity index (χ3n) is 5.51. The Morgan fingerprint density at radius 3 is 2.29 bits per heavy atom. The van der Waals surface area contributed by atoms with Crippen LogP contribution in [0.4, 0.5) is 0 Å². The van der Waals surface area contributed by atoms with Gasteiger partial charge >= 0.3 is 11.9 Å². The number of hydrogen-bond acceptors (Lipinski definition) is 5. The molecule has 0 heterocycles. The number of carboxylic acids is 2. The monoisotopic (exact) mass is 434 g/mol. The fraction of sp³-hybridized carbons (Fsp3) is 0.609. The second-order valence-corrected chi connectivity index (χ2v) is 9.36. The highest BCUT2D eigenvalue weighted by molar-refractivity contribution is 5.87. The second kappa shape index (κ2) is 10.6. The van der Waals surface area contributed by atoms with Gasteiger partial charge in [-0.2, -0.15) is 0 Å². The summed E-state index contributed by atoms with van der Waals surface area (Å²) in [6.07, 6.45) is 4.14. The summed E-state index contributed by atoms with van der Waals surface area (Å²) in [4.78, 5) is 35.6. The molecule has 0 radical (unpaired) electrons. The van der Waals surface area contributed by atoms with Crippen molar-refractivity contribution in [1.82, 2.24) is 10.6 Å². The highest BCUT2D eigenvalue weighted by Gasteiger charge is 2.29. The first kappa shape index (κ1) is 24.7. The maximum Gasteiger partial charge on any atom is 0.326 e. The van der Waals surface area contributed by atoms with E-state index in [1.165, 1.54) is 0 Å². The van der Waals surface area contributed by atoms with Crippen molar-refractivity contribution in [2.24, 2.45) is 0 Å². The largest absolute Gasteiger partial charge is 0.508 e. The minimum absolute atomic E-state index is 0.0514. The average molecular weight is 435 g/mol. The van der Waals surface area contributed by atoms with Crippen LogP contribution < -0.4 is 10.6 Å². The van der Waals surface area contributed by atoms with Crippen LogP contribution in [-0.4, -0.2) is 50.8 Å². The standard InChI is InChI=1S/C23H34N2O6/c1-23(2,3)25-17(9-11-20(27)28)21(29)24-18(22(30)31)13-14-8-10-19(26)16(12-14)15-6-4-5-7-15/h8,10,12,15,17-18,25-26H,4-7,9,11,13H2,1-3H3,(H,24,29)(H,27,28)(H,30,31)/t17-,18-/m0/s1. The van der Waals surface area contributed by atoms with Gasteiger partial charge in [0, 0.05) is 18.4 Å². The number of aliphatic carboxylic acids is 2. The normalized spacial score (nSPS) is 16.6. The van der Waals surface area contributed by atoms with Crippen molar-refractivity contribution in [3.63, 3.8) is 0 Å². The minimum Gasteiger partial charge on any atom is -0.508 e. The molecule has 0 aliphatic heterocycles. The highest BCUT2D eigenvalue weighted by Crippen LogP contribution is 2.38. The van der Waals surface area contributed by atoms with Crippen LogP contribution in [0.3, 0.4) is 0 Å². The van der Waals surface area contributed by atoms with E-state index < -0.39 is 35.5 Å². The molecule has 172 valence electrons. The number of carbonyl (C=O) groups is 3. The predicted molar refractivity (Wildman–Crippen MR) is 116 cm³/mol. The number of carbonyl (C=O) groups excluding carboxylic acids is 1. The van der Waals surface area contributed by atoms with E-state index >= 15 is 0 Å². The van der Waals surface area contributed by atoms with E-state index in [0.29, 0.717) is 0 Å². The van der Waals surface area contributed by atoms with Gasteiger partial charge < -0.3 is 26.0 Å². The molecule has 1 fully saturated rings. The fourth-order valence-electron chi connectivity index (χ4n) is 4.06. The second-order valence-electron chi connectivity index (χ2n) is 9.36. The Bertz CT molecular complexity index is 796. The molecule has 0 aromatic heterocycles. The van der Waals surface area contributed by atoms with E-state index in [2.05, 4.69) is 10.6 Å². The SMILES string of the molecule is CC(C)(C)N[C@@H](CCC(=O)O)C(=O)N[C@@H](Cc1ccc(O)c(C2CCCC2)c1)C(=O)O. The summed E-state index contributed by atoms with van der Waals surface area (Å²) in [5.41, 5.74) is 1.10.